The summed E-state index contributed by atoms with van der Waals surface area (Å²) in [7, 11) is 0. The Bertz CT molecular complexity index is 423. The van der Waals surface area contributed by atoms with Crippen molar-refractivity contribution < 1.29 is 8.78 Å². The van der Waals surface area contributed by atoms with Crippen LogP contribution in [0.25, 0.3) is 0 Å². The van der Waals surface area contributed by atoms with E-state index >= 15 is 0 Å². The molecule has 0 saturated carbocycles. The van der Waals surface area contributed by atoms with Gasteiger partial charge in [0.25, 0.3) is 0 Å². The van der Waals surface area contributed by atoms with E-state index in [4.69, 9.17) is 5.73 Å². The predicted octanol–water partition coefficient (Wildman–Crippen LogP) is 3.09. The second-order valence-electron chi connectivity index (χ2n) is 5.40. The summed E-state index contributed by atoms with van der Waals surface area (Å²) >= 11 is 0. The van der Waals surface area contributed by atoms with E-state index in [-0.39, 0.29) is 5.56 Å². The Morgan fingerprint density at radius 2 is 2.21 bits per heavy atom. The van der Waals surface area contributed by atoms with E-state index < -0.39 is 17.7 Å². The molecule has 0 radical (unpaired) electrons. The summed E-state index contributed by atoms with van der Waals surface area (Å²) in [6, 6.07) is 3.77. The minimum absolute atomic E-state index is 0.284. The summed E-state index contributed by atoms with van der Waals surface area (Å²) in [4.78, 5) is 2.37. The van der Waals surface area contributed by atoms with Crippen molar-refractivity contribution in [1.82, 2.24) is 4.90 Å². The normalized spacial score (nSPS) is 21.8. The Labute approximate surface area is 113 Å². The first kappa shape index (κ1) is 14.4. The molecule has 1 aromatic carbocycles. The van der Waals surface area contributed by atoms with Crippen molar-refractivity contribution in [3.8, 4) is 0 Å². The Morgan fingerprint density at radius 3 is 2.89 bits per heavy atom. The Kier molecular flexibility index (Phi) is 4.88. The highest BCUT2D eigenvalue weighted by Crippen LogP contribution is 2.23. The zero-order valence-electron chi connectivity index (χ0n) is 11.4. The molecule has 106 valence electrons. The third-order valence-corrected chi connectivity index (χ3v) is 4.08. The number of halogens is 2. The third kappa shape index (κ3) is 3.51. The van der Waals surface area contributed by atoms with Crippen LogP contribution in [-0.2, 0) is 0 Å². The SMILES string of the molecule is CCC1CCN(CCC(N)c2cccc(F)c2F)C1. The van der Waals surface area contributed by atoms with Crippen LogP contribution in [-0.4, -0.2) is 24.5 Å². The Balaban J connectivity index is 1.88. The van der Waals surface area contributed by atoms with E-state index in [0.717, 1.165) is 31.6 Å². The van der Waals surface area contributed by atoms with E-state index in [0.29, 0.717) is 6.42 Å². The maximum Gasteiger partial charge on any atom is 0.163 e. The van der Waals surface area contributed by atoms with Gasteiger partial charge in [0.05, 0.1) is 0 Å². The highest BCUT2D eigenvalue weighted by Gasteiger charge is 2.22. The third-order valence-electron chi connectivity index (χ3n) is 4.08. The maximum atomic E-state index is 13.6. The molecule has 1 aliphatic rings. The molecular formula is C15H22F2N2. The first-order chi connectivity index (χ1) is 9.11. The number of nitrogens with zero attached hydrogens (tertiary/aromatic N) is 1. The van der Waals surface area contributed by atoms with Gasteiger partial charge in [0.2, 0.25) is 0 Å². The molecule has 2 rings (SSSR count). The highest BCUT2D eigenvalue weighted by atomic mass is 19.2. The van der Waals surface area contributed by atoms with Crippen molar-refractivity contribution >= 4 is 0 Å². The van der Waals surface area contributed by atoms with Gasteiger partial charge in [0.15, 0.2) is 11.6 Å². The summed E-state index contributed by atoms with van der Waals surface area (Å²) < 4.78 is 26.7. The second kappa shape index (κ2) is 6.44. The molecule has 0 aliphatic carbocycles. The van der Waals surface area contributed by atoms with Crippen LogP contribution in [0.5, 0.6) is 0 Å². The van der Waals surface area contributed by atoms with Gasteiger partial charge in [-0.15, -0.1) is 0 Å². The molecule has 4 heteroatoms. The Hall–Kier alpha value is -1.00. The van der Waals surface area contributed by atoms with Gasteiger partial charge in [0.1, 0.15) is 0 Å². The van der Waals surface area contributed by atoms with Crippen LogP contribution in [0, 0.1) is 17.6 Å². The molecule has 2 unspecified atom stereocenters. The lowest BCUT2D eigenvalue weighted by atomic mass is 10.0. The van der Waals surface area contributed by atoms with Gasteiger partial charge in [-0.3, -0.25) is 0 Å². The van der Waals surface area contributed by atoms with E-state index in [1.165, 1.54) is 18.9 Å². The summed E-state index contributed by atoms with van der Waals surface area (Å²) in [6.07, 6.45) is 3.11. The van der Waals surface area contributed by atoms with Gasteiger partial charge < -0.3 is 10.6 Å². The van der Waals surface area contributed by atoms with Crippen molar-refractivity contribution in [2.24, 2.45) is 11.7 Å². The van der Waals surface area contributed by atoms with Crippen molar-refractivity contribution in [1.29, 1.82) is 0 Å². The molecule has 0 amide bonds. The van der Waals surface area contributed by atoms with E-state index in [9.17, 15) is 8.78 Å². The second-order valence-corrected chi connectivity index (χ2v) is 5.40. The fraction of sp³-hybridized carbons (Fsp3) is 0.600. The average Bonchev–Trinajstić information content (AvgIpc) is 2.87. The molecule has 1 heterocycles. The van der Waals surface area contributed by atoms with Crippen LogP contribution in [0.4, 0.5) is 8.78 Å². The topological polar surface area (TPSA) is 29.3 Å². The van der Waals surface area contributed by atoms with Crippen molar-refractivity contribution in [2.45, 2.75) is 32.2 Å². The lowest BCUT2D eigenvalue weighted by molar-refractivity contribution is 0.306. The summed E-state index contributed by atoms with van der Waals surface area (Å²) in [5.74, 6) is -0.842. The van der Waals surface area contributed by atoms with Crippen molar-refractivity contribution in [2.75, 3.05) is 19.6 Å². The lowest BCUT2D eigenvalue weighted by Gasteiger charge is -2.19. The molecular weight excluding hydrogens is 246 g/mol. The number of likely N-dealkylation sites (tertiary alicyclic amines) is 1. The molecule has 2 atom stereocenters. The summed E-state index contributed by atoms with van der Waals surface area (Å²) in [6.45, 7) is 5.27. The van der Waals surface area contributed by atoms with Gasteiger partial charge in [-0.2, -0.15) is 0 Å². The molecule has 2 nitrogen and oxygen atoms in total. The molecule has 1 fully saturated rings. The largest absolute Gasteiger partial charge is 0.324 e. The molecule has 1 saturated heterocycles. The van der Waals surface area contributed by atoms with Crippen molar-refractivity contribution in [3.05, 3.63) is 35.4 Å². The smallest absolute Gasteiger partial charge is 0.163 e. The number of nitrogens with two attached hydrogens (primary N) is 1. The zero-order chi connectivity index (χ0) is 13.8. The van der Waals surface area contributed by atoms with E-state index in [1.54, 1.807) is 6.07 Å². The standard InChI is InChI=1S/C15H22F2N2/c1-2-11-6-8-19(10-11)9-7-14(18)12-4-3-5-13(16)15(12)17/h3-5,11,14H,2,6-10,18H2,1H3. The summed E-state index contributed by atoms with van der Waals surface area (Å²) in [5, 5.41) is 0. The molecule has 2 N–H and O–H groups in total. The highest BCUT2D eigenvalue weighted by molar-refractivity contribution is 5.22. The fourth-order valence-electron chi connectivity index (χ4n) is 2.73. The quantitative estimate of drug-likeness (QED) is 0.889. The monoisotopic (exact) mass is 268 g/mol. The first-order valence-corrected chi connectivity index (χ1v) is 7.03. The van der Waals surface area contributed by atoms with E-state index in [2.05, 4.69) is 11.8 Å². The van der Waals surface area contributed by atoms with Gasteiger partial charge in [0, 0.05) is 18.2 Å². The minimum Gasteiger partial charge on any atom is -0.324 e. The van der Waals surface area contributed by atoms with Gasteiger partial charge >= 0.3 is 0 Å². The van der Waals surface area contributed by atoms with Crippen LogP contribution in [0.1, 0.15) is 37.8 Å². The molecule has 19 heavy (non-hydrogen) atoms. The fourth-order valence-corrected chi connectivity index (χ4v) is 2.73. The molecule has 1 aromatic rings. The van der Waals surface area contributed by atoms with E-state index in [1.807, 2.05) is 0 Å². The predicted molar refractivity (Wildman–Crippen MR) is 72.7 cm³/mol. The van der Waals surface area contributed by atoms with Crippen molar-refractivity contribution in [3.63, 3.8) is 0 Å². The molecule has 0 aromatic heterocycles. The van der Waals surface area contributed by atoms with Crippen LogP contribution in [0.3, 0.4) is 0 Å². The van der Waals surface area contributed by atoms with Crippen LogP contribution in [0.2, 0.25) is 0 Å². The molecule has 1 aliphatic heterocycles. The maximum absolute atomic E-state index is 13.6. The van der Waals surface area contributed by atoms with Gasteiger partial charge in [-0.25, -0.2) is 8.78 Å². The summed E-state index contributed by atoms with van der Waals surface area (Å²) in [5.41, 5.74) is 6.26. The molecule has 0 bridgehead atoms. The minimum atomic E-state index is -0.819. The number of hydrogen-bond acceptors (Lipinski definition) is 2. The first-order valence-electron chi connectivity index (χ1n) is 7.03. The van der Waals surface area contributed by atoms with Gasteiger partial charge in [-0.05, 0) is 37.9 Å². The van der Waals surface area contributed by atoms with Crippen LogP contribution in [0.15, 0.2) is 18.2 Å². The Morgan fingerprint density at radius 1 is 1.42 bits per heavy atom. The number of hydrogen-bond donors (Lipinski definition) is 1. The zero-order valence-corrected chi connectivity index (χ0v) is 11.4. The van der Waals surface area contributed by atoms with Crippen LogP contribution >= 0.6 is 0 Å². The number of rotatable bonds is 5. The lowest BCUT2D eigenvalue weighted by Crippen LogP contribution is -2.26. The number of benzene rings is 1. The van der Waals surface area contributed by atoms with Crippen LogP contribution < -0.4 is 5.73 Å². The van der Waals surface area contributed by atoms with Gasteiger partial charge in [-0.1, -0.05) is 25.5 Å². The average molecular weight is 268 g/mol. The molecule has 0 spiro atoms.